The Balaban J connectivity index is 1.60. The van der Waals surface area contributed by atoms with Gasteiger partial charge in [0.1, 0.15) is 0 Å². The summed E-state index contributed by atoms with van der Waals surface area (Å²) in [7, 11) is 1.48. The topological polar surface area (TPSA) is 99.6 Å². The Morgan fingerprint density at radius 2 is 2.32 bits per heavy atom. The molecule has 0 saturated heterocycles. The van der Waals surface area contributed by atoms with Gasteiger partial charge in [0, 0.05) is 11.6 Å². The van der Waals surface area contributed by atoms with E-state index in [1.807, 2.05) is 0 Å². The summed E-state index contributed by atoms with van der Waals surface area (Å²) in [6.45, 7) is 0. The number of aromatic amines is 1. The van der Waals surface area contributed by atoms with Crippen molar-refractivity contribution < 1.29 is 14.6 Å². The maximum atomic E-state index is 11.9. The molecule has 0 bridgehead atoms. The lowest BCUT2D eigenvalue weighted by Gasteiger charge is -2.02. The third-order valence-electron chi connectivity index (χ3n) is 3.43. The number of carbonyl (C=O) groups excluding carboxylic acids is 1. The van der Waals surface area contributed by atoms with E-state index in [9.17, 15) is 9.90 Å². The van der Waals surface area contributed by atoms with Crippen LogP contribution in [0.15, 0.2) is 29.4 Å². The van der Waals surface area contributed by atoms with E-state index in [0.717, 1.165) is 18.5 Å². The van der Waals surface area contributed by atoms with Crippen LogP contribution >= 0.6 is 0 Å². The van der Waals surface area contributed by atoms with Crippen molar-refractivity contribution in [3.05, 3.63) is 41.2 Å². The Morgan fingerprint density at radius 1 is 1.50 bits per heavy atom. The summed E-state index contributed by atoms with van der Waals surface area (Å²) in [6.07, 6.45) is 3.72. The molecule has 1 fully saturated rings. The van der Waals surface area contributed by atoms with E-state index < -0.39 is 0 Å². The van der Waals surface area contributed by atoms with E-state index in [4.69, 9.17) is 4.74 Å². The van der Waals surface area contributed by atoms with E-state index in [2.05, 4.69) is 20.7 Å². The Bertz CT molecular complexity index is 719. The van der Waals surface area contributed by atoms with Crippen molar-refractivity contribution in [3.63, 3.8) is 0 Å². The van der Waals surface area contributed by atoms with Gasteiger partial charge in [-0.05, 0) is 42.7 Å². The molecule has 1 aromatic carbocycles. The average Bonchev–Trinajstić information content (AvgIpc) is 3.24. The fourth-order valence-corrected chi connectivity index (χ4v) is 2.07. The number of ether oxygens (including phenoxy) is 1. The minimum Gasteiger partial charge on any atom is -0.504 e. The molecule has 0 radical (unpaired) electrons. The van der Waals surface area contributed by atoms with Gasteiger partial charge in [0.25, 0.3) is 5.91 Å². The van der Waals surface area contributed by atoms with Gasteiger partial charge in [-0.15, -0.1) is 0 Å². The molecule has 0 spiro atoms. The molecule has 0 atom stereocenters. The Labute approximate surface area is 127 Å². The molecule has 7 heteroatoms. The number of aromatic nitrogens is 2. The van der Waals surface area contributed by atoms with E-state index >= 15 is 0 Å². The maximum Gasteiger partial charge on any atom is 0.291 e. The number of hydrogen-bond donors (Lipinski definition) is 3. The third-order valence-corrected chi connectivity index (χ3v) is 3.43. The van der Waals surface area contributed by atoms with Crippen LogP contribution in [0.1, 0.15) is 40.5 Å². The summed E-state index contributed by atoms with van der Waals surface area (Å²) in [6, 6.07) is 6.58. The van der Waals surface area contributed by atoms with Crippen LogP contribution in [0, 0.1) is 0 Å². The van der Waals surface area contributed by atoms with Crippen LogP contribution in [0.3, 0.4) is 0 Å². The molecule has 114 valence electrons. The van der Waals surface area contributed by atoms with Crippen LogP contribution in [0.2, 0.25) is 0 Å². The van der Waals surface area contributed by atoms with E-state index in [0.29, 0.717) is 22.9 Å². The Kier molecular flexibility index (Phi) is 3.78. The number of amides is 1. The number of aromatic hydroxyl groups is 1. The van der Waals surface area contributed by atoms with Crippen LogP contribution in [-0.4, -0.2) is 34.5 Å². The maximum absolute atomic E-state index is 11.9. The summed E-state index contributed by atoms with van der Waals surface area (Å²) in [5.41, 5.74) is 4.35. The monoisotopic (exact) mass is 300 g/mol. The molecule has 1 aliphatic carbocycles. The molecule has 22 heavy (non-hydrogen) atoms. The highest BCUT2D eigenvalue weighted by Crippen LogP contribution is 2.38. The van der Waals surface area contributed by atoms with Gasteiger partial charge in [-0.25, -0.2) is 5.43 Å². The largest absolute Gasteiger partial charge is 0.504 e. The number of benzene rings is 1. The number of nitrogens with zero attached hydrogens (tertiary/aromatic N) is 2. The van der Waals surface area contributed by atoms with Crippen LogP contribution in [0.4, 0.5) is 0 Å². The molecular weight excluding hydrogens is 284 g/mol. The molecule has 2 aromatic rings. The van der Waals surface area contributed by atoms with Gasteiger partial charge < -0.3 is 9.84 Å². The van der Waals surface area contributed by atoms with E-state index in [1.54, 1.807) is 18.2 Å². The van der Waals surface area contributed by atoms with Gasteiger partial charge in [-0.3, -0.25) is 9.89 Å². The fourth-order valence-electron chi connectivity index (χ4n) is 2.07. The molecule has 1 saturated carbocycles. The predicted octanol–water partition coefficient (Wildman–Crippen LogP) is 1.77. The SMILES string of the molecule is COc1ccc(/C=N\NC(=O)c2cc(C3CC3)[nH]n2)cc1O. The predicted molar refractivity (Wildman–Crippen MR) is 80.3 cm³/mol. The first kappa shape index (κ1) is 14.1. The lowest BCUT2D eigenvalue weighted by Crippen LogP contribution is -2.18. The van der Waals surface area contributed by atoms with Crippen molar-refractivity contribution in [2.75, 3.05) is 7.11 Å². The number of hydrazone groups is 1. The fraction of sp³-hybridized carbons (Fsp3) is 0.267. The van der Waals surface area contributed by atoms with Crippen molar-refractivity contribution in [3.8, 4) is 11.5 Å². The van der Waals surface area contributed by atoms with Crippen LogP contribution in [0.5, 0.6) is 11.5 Å². The summed E-state index contributed by atoms with van der Waals surface area (Å²) in [4.78, 5) is 11.9. The quantitative estimate of drug-likeness (QED) is 0.578. The number of nitrogens with one attached hydrogen (secondary N) is 2. The molecule has 3 N–H and O–H groups in total. The third kappa shape index (κ3) is 3.08. The minimum atomic E-state index is -0.378. The standard InChI is InChI=1S/C15H16N4O3/c1-22-14-5-2-9(6-13(14)20)8-16-19-15(21)12-7-11(17-18-12)10-3-4-10/h2,5-8,10,20H,3-4H2,1H3,(H,17,18)(H,19,21)/b16-8-. The summed E-state index contributed by atoms with van der Waals surface area (Å²) < 4.78 is 4.95. The summed E-state index contributed by atoms with van der Waals surface area (Å²) >= 11 is 0. The first-order valence-electron chi connectivity index (χ1n) is 6.93. The van der Waals surface area contributed by atoms with Gasteiger partial charge in [-0.2, -0.15) is 10.2 Å². The van der Waals surface area contributed by atoms with Gasteiger partial charge in [0.05, 0.1) is 13.3 Å². The molecule has 3 rings (SSSR count). The average molecular weight is 300 g/mol. The number of phenols is 1. The van der Waals surface area contributed by atoms with Crippen LogP contribution < -0.4 is 10.2 Å². The number of hydrogen-bond acceptors (Lipinski definition) is 5. The molecule has 0 aliphatic heterocycles. The summed E-state index contributed by atoms with van der Waals surface area (Å²) in [5.74, 6) is 0.529. The molecular formula is C15H16N4O3. The van der Waals surface area contributed by atoms with Gasteiger partial charge in [0.15, 0.2) is 17.2 Å². The number of H-pyrrole nitrogens is 1. The number of phenolic OH excluding ortho intramolecular Hbond substituents is 1. The highest BCUT2D eigenvalue weighted by atomic mass is 16.5. The molecule has 0 unspecified atom stereocenters. The van der Waals surface area contributed by atoms with Crippen LogP contribution in [-0.2, 0) is 0 Å². The normalized spacial score (nSPS) is 14.2. The van der Waals surface area contributed by atoms with Crippen LogP contribution in [0.25, 0.3) is 0 Å². The second-order valence-electron chi connectivity index (χ2n) is 5.11. The second-order valence-corrected chi connectivity index (χ2v) is 5.11. The second kappa shape index (κ2) is 5.88. The van der Waals surface area contributed by atoms with Gasteiger partial charge in [-0.1, -0.05) is 0 Å². The molecule has 7 nitrogen and oxygen atoms in total. The molecule has 1 heterocycles. The molecule has 1 amide bonds. The van der Waals surface area contributed by atoms with Crippen molar-refractivity contribution in [2.45, 2.75) is 18.8 Å². The van der Waals surface area contributed by atoms with E-state index in [-0.39, 0.29) is 11.7 Å². The summed E-state index contributed by atoms with van der Waals surface area (Å²) in [5, 5.41) is 20.3. The zero-order chi connectivity index (χ0) is 15.5. The number of rotatable bonds is 5. The Morgan fingerprint density at radius 3 is 3.00 bits per heavy atom. The molecule has 1 aromatic heterocycles. The van der Waals surface area contributed by atoms with E-state index in [1.165, 1.54) is 19.4 Å². The first-order valence-corrected chi connectivity index (χ1v) is 6.93. The van der Waals surface area contributed by atoms with Crippen molar-refractivity contribution >= 4 is 12.1 Å². The van der Waals surface area contributed by atoms with Gasteiger partial charge in [0.2, 0.25) is 0 Å². The number of carbonyl (C=O) groups is 1. The number of methoxy groups -OCH3 is 1. The van der Waals surface area contributed by atoms with Crippen molar-refractivity contribution in [1.82, 2.24) is 15.6 Å². The van der Waals surface area contributed by atoms with Crippen molar-refractivity contribution in [1.29, 1.82) is 0 Å². The smallest absolute Gasteiger partial charge is 0.291 e. The lowest BCUT2D eigenvalue weighted by atomic mass is 10.2. The highest BCUT2D eigenvalue weighted by Gasteiger charge is 2.26. The zero-order valence-electron chi connectivity index (χ0n) is 12.0. The Hall–Kier alpha value is -2.83. The first-order chi connectivity index (χ1) is 10.7. The van der Waals surface area contributed by atoms with Gasteiger partial charge >= 0.3 is 0 Å². The van der Waals surface area contributed by atoms with Crippen molar-refractivity contribution in [2.24, 2.45) is 5.10 Å². The molecule has 1 aliphatic rings. The highest BCUT2D eigenvalue weighted by molar-refractivity contribution is 5.93. The zero-order valence-corrected chi connectivity index (χ0v) is 12.0. The minimum absolute atomic E-state index is 0.0131. The lowest BCUT2D eigenvalue weighted by molar-refractivity contribution is 0.0950.